The molecule has 0 bridgehead atoms. The summed E-state index contributed by atoms with van der Waals surface area (Å²) in [6.45, 7) is 13.3. The van der Waals surface area contributed by atoms with E-state index in [2.05, 4.69) is 5.32 Å². The molecule has 0 spiro atoms. The van der Waals surface area contributed by atoms with Crippen molar-refractivity contribution in [2.45, 2.75) is 65.6 Å². The number of hydrogen-bond donors (Lipinski definition) is 3. The highest BCUT2D eigenvalue weighted by Crippen LogP contribution is 2.32. The third-order valence-electron chi connectivity index (χ3n) is 6.48. The van der Waals surface area contributed by atoms with Crippen molar-refractivity contribution in [2.75, 3.05) is 31.1 Å². The van der Waals surface area contributed by atoms with E-state index in [4.69, 9.17) is 17.3 Å². The van der Waals surface area contributed by atoms with Crippen molar-refractivity contribution in [3.63, 3.8) is 0 Å². The number of aliphatic hydroxyl groups excluding tert-OH is 1. The monoisotopic (exact) mass is 498 g/mol. The van der Waals surface area contributed by atoms with Crippen LogP contribution in [0.1, 0.15) is 48.0 Å². The molecule has 1 saturated heterocycles. The van der Waals surface area contributed by atoms with Gasteiger partial charge >= 0.3 is 0 Å². The first-order valence-corrected chi connectivity index (χ1v) is 12.3. The number of halogens is 2. The molecule has 1 fully saturated rings. The molecular weight excluding hydrogens is 459 g/mol. The van der Waals surface area contributed by atoms with Crippen molar-refractivity contribution in [3.05, 3.63) is 29.0 Å². The second kappa shape index (κ2) is 11.8. The van der Waals surface area contributed by atoms with E-state index in [0.29, 0.717) is 31.2 Å². The number of anilines is 1. The Morgan fingerprint density at radius 3 is 2.50 bits per heavy atom. The van der Waals surface area contributed by atoms with Gasteiger partial charge in [-0.1, -0.05) is 39.3 Å². The third kappa shape index (κ3) is 7.38. The van der Waals surface area contributed by atoms with Crippen LogP contribution in [-0.2, 0) is 9.59 Å². The van der Waals surface area contributed by atoms with Crippen molar-refractivity contribution in [2.24, 2.45) is 23.5 Å². The second-order valence-electron chi connectivity index (χ2n) is 10.7. The topological polar surface area (TPSA) is 98.9 Å². The average Bonchev–Trinajstić information content (AvgIpc) is 2.72. The number of carbonyl (C=O) groups is 2. The fourth-order valence-corrected chi connectivity index (χ4v) is 4.47. The summed E-state index contributed by atoms with van der Waals surface area (Å²) >= 11 is 6.19. The largest absolute Gasteiger partial charge is 0.391 e. The van der Waals surface area contributed by atoms with Crippen molar-refractivity contribution in [1.29, 1.82) is 0 Å². The Bertz CT molecular complexity index is 865. The first kappa shape index (κ1) is 28.5. The molecule has 9 heteroatoms. The number of piperazine rings is 1. The Kier molecular flexibility index (Phi) is 9.89. The van der Waals surface area contributed by atoms with Crippen LogP contribution >= 0.6 is 11.6 Å². The van der Waals surface area contributed by atoms with Crippen LogP contribution in [0.15, 0.2) is 18.2 Å². The number of benzene rings is 1. The molecule has 2 rings (SSSR count). The van der Waals surface area contributed by atoms with E-state index in [0.717, 1.165) is 0 Å². The van der Waals surface area contributed by atoms with E-state index < -0.39 is 23.5 Å². The van der Waals surface area contributed by atoms with E-state index in [1.165, 1.54) is 18.2 Å². The summed E-state index contributed by atoms with van der Waals surface area (Å²) in [5.41, 5.74) is 6.37. The van der Waals surface area contributed by atoms with Crippen molar-refractivity contribution >= 4 is 29.1 Å². The van der Waals surface area contributed by atoms with E-state index in [1.807, 2.05) is 46.4 Å². The minimum absolute atomic E-state index is 0.0519. The molecular formula is C25H40ClFN4O3. The minimum Gasteiger partial charge on any atom is -0.391 e. The number of rotatable bonds is 10. The zero-order valence-corrected chi connectivity index (χ0v) is 21.9. The Hall–Kier alpha value is -1.74. The number of aliphatic hydroxyl groups is 1. The van der Waals surface area contributed by atoms with Crippen molar-refractivity contribution in [3.8, 4) is 0 Å². The van der Waals surface area contributed by atoms with Crippen LogP contribution in [0.3, 0.4) is 0 Å². The molecule has 7 nitrogen and oxygen atoms in total. The predicted octanol–water partition coefficient (Wildman–Crippen LogP) is 3.03. The molecule has 1 aliphatic heterocycles. The van der Waals surface area contributed by atoms with E-state index in [1.54, 1.807) is 4.90 Å². The van der Waals surface area contributed by atoms with Gasteiger partial charge < -0.3 is 21.1 Å². The second-order valence-corrected chi connectivity index (χ2v) is 11.1. The molecule has 1 heterocycles. The van der Waals surface area contributed by atoms with Gasteiger partial charge in [0, 0.05) is 37.1 Å². The van der Waals surface area contributed by atoms with Gasteiger partial charge in [0.25, 0.3) is 0 Å². The van der Waals surface area contributed by atoms with Gasteiger partial charge in [0.1, 0.15) is 5.82 Å². The van der Waals surface area contributed by atoms with Gasteiger partial charge in [0.15, 0.2) is 0 Å². The smallest absolute Gasteiger partial charge is 0.241 e. The van der Waals surface area contributed by atoms with Crippen LogP contribution in [-0.4, -0.2) is 65.7 Å². The number of hydrogen-bond acceptors (Lipinski definition) is 5. The molecule has 1 aromatic rings. The standard InChI is InChI=1S/C25H40ClFN4O3/c1-15(2)11-29-24(34)18(16(3)4)10-22(32)20(28)12-30-13-23(33)31(14-25(30,5)6)21-8-7-17(27)9-19(21)26/h7-9,15-16,18,20,22,32H,10-14,28H2,1-6H3,(H,29,34). The summed E-state index contributed by atoms with van der Waals surface area (Å²) in [6, 6.07) is 3.35. The van der Waals surface area contributed by atoms with Gasteiger partial charge in [-0.15, -0.1) is 0 Å². The zero-order chi connectivity index (χ0) is 25.8. The Balaban J connectivity index is 2.05. The molecule has 0 aliphatic carbocycles. The summed E-state index contributed by atoms with van der Waals surface area (Å²) in [7, 11) is 0. The lowest BCUT2D eigenvalue weighted by atomic mass is 9.86. The lowest BCUT2D eigenvalue weighted by molar-refractivity contribution is -0.127. The molecule has 0 saturated carbocycles. The molecule has 2 amide bonds. The Morgan fingerprint density at radius 2 is 1.94 bits per heavy atom. The maximum absolute atomic E-state index is 13.5. The number of nitrogens with two attached hydrogens (primary N) is 1. The van der Waals surface area contributed by atoms with Gasteiger partial charge in [-0.3, -0.25) is 14.5 Å². The summed E-state index contributed by atoms with van der Waals surface area (Å²) in [5.74, 6) is -0.676. The molecule has 1 aromatic carbocycles. The molecule has 1 aliphatic rings. The van der Waals surface area contributed by atoms with Crippen molar-refractivity contribution < 1.29 is 19.1 Å². The summed E-state index contributed by atoms with van der Waals surface area (Å²) in [4.78, 5) is 29.1. The summed E-state index contributed by atoms with van der Waals surface area (Å²) in [6.07, 6.45) is -0.643. The number of nitrogens with one attached hydrogen (secondary N) is 1. The Labute approximate surface area is 207 Å². The van der Waals surface area contributed by atoms with Crippen LogP contribution in [0.25, 0.3) is 0 Å². The summed E-state index contributed by atoms with van der Waals surface area (Å²) < 4.78 is 13.5. The van der Waals surface area contributed by atoms with E-state index >= 15 is 0 Å². The predicted molar refractivity (Wildman–Crippen MR) is 134 cm³/mol. The molecule has 192 valence electrons. The minimum atomic E-state index is -0.896. The SMILES string of the molecule is CC(C)CNC(=O)C(CC(O)C(N)CN1CC(=O)N(c2ccc(F)cc2Cl)CC1(C)C)C(C)C. The number of nitrogens with zero attached hydrogens (tertiary/aromatic N) is 2. The molecule has 4 N–H and O–H groups in total. The van der Waals surface area contributed by atoms with Crippen LogP contribution < -0.4 is 16.0 Å². The van der Waals surface area contributed by atoms with E-state index in [-0.39, 0.29) is 41.6 Å². The zero-order valence-electron chi connectivity index (χ0n) is 21.1. The van der Waals surface area contributed by atoms with Gasteiger partial charge in [-0.2, -0.15) is 0 Å². The number of amides is 2. The highest BCUT2D eigenvalue weighted by molar-refractivity contribution is 6.33. The quantitative estimate of drug-likeness (QED) is 0.460. The van der Waals surface area contributed by atoms with Crippen LogP contribution in [0.5, 0.6) is 0 Å². The molecule has 3 unspecified atom stereocenters. The molecule has 0 aromatic heterocycles. The van der Waals surface area contributed by atoms with Gasteiger partial charge in [0.05, 0.1) is 23.4 Å². The average molecular weight is 499 g/mol. The van der Waals surface area contributed by atoms with E-state index in [9.17, 15) is 19.1 Å². The fourth-order valence-electron chi connectivity index (χ4n) is 4.20. The molecule has 0 radical (unpaired) electrons. The highest BCUT2D eigenvalue weighted by atomic mass is 35.5. The van der Waals surface area contributed by atoms with Crippen LogP contribution in [0.4, 0.5) is 10.1 Å². The van der Waals surface area contributed by atoms with Gasteiger partial charge in [0.2, 0.25) is 11.8 Å². The highest BCUT2D eigenvalue weighted by Gasteiger charge is 2.40. The lowest BCUT2D eigenvalue weighted by Gasteiger charge is -2.47. The fraction of sp³-hybridized carbons (Fsp3) is 0.680. The molecule has 34 heavy (non-hydrogen) atoms. The summed E-state index contributed by atoms with van der Waals surface area (Å²) in [5, 5.41) is 14.0. The normalized spacial score (nSPS) is 19.4. The Morgan fingerprint density at radius 1 is 1.29 bits per heavy atom. The van der Waals surface area contributed by atoms with Crippen LogP contribution in [0.2, 0.25) is 5.02 Å². The maximum Gasteiger partial charge on any atom is 0.241 e. The first-order valence-electron chi connectivity index (χ1n) is 11.9. The third-order valence-corrected chi connectivity index (χ3v) is 6.78. The van der Waals surface area contributed by atoms with Crippen molar-refractivity contribution in [1.82, 2.24) is 10.2 Å². The first-order chi connectivity index (χ1) is 15.7. The van der Waals surface area contributed by atoms with Gasteiger partial charge in [-0.05, 0) is 50.3 Å². The number of carbonyl (C=O) groups excluding carboxylic acids is 2. The molecule has 3 atom stereocenters. The maximum atomic E-state index is 13.5. The van der Waals surface area contributed by atoms with Gasteiger partial charge in [-0.25, -0.2) is 4.39 Å². The lowest BCUT2D eigenvalue weighted by Crippen LogP contribution is -2.64. The van der Waals surface area contributed by atoms with Crippen LogP contribution in [0, 0.1) is 23.6 Å².